The summed E-state index contributed by atoms with van der Waals surface area (Å²) in [4.78, 5) is 14.1. The molecule has 0 radical (unpaired) electrons. The Hall–Kier alpha value is -1.58. The summed E-state index contributed by atoms with van der Waals surface area (Å²) in [5.41, 5.74) is 6.14. The molecule has 2 N–H and O–H groups in total. The van der Waals surface area contributed by atoms with E-state index >= 15 is 0 Å². The standard InChI is InChI=1S/C14H19FN2O/c1-14(2)6-3-7-17(9-14)13(18)10-4-5-11(15)12(16)8-10/h4-5,8H,3,6-7,9,16H2,1-2H3. The van der Waals surface area contributed by atoms with Gasteiger partial charge in [0.25, 0.3) is 5.91 Å². The Morgan fingerprint density at radius 1 is 1.44 bits per heavy atom. The number of likely N-dealkylation sites (tertiary alicyclic amines) is 1. The third-order valence-electron chi connectivity index (χ3n) is 3.43. The number of piperidine rings is 1. The summed E-state index contributed by atoms with van der Waals surface area (Å²) in [6.07, 6.45) is 2.14. The Kier molecular flexibility index (Phi) is 3.28. The first-order valence-electron chi connectivity index (χ1n) is 6.23. The van der Waals surface area contributed by atoms with E-state index in [-0.39, 0.29) is 17.0 Å². The van der Waals surface area contributed by atoms with Gasteiger partial charge in [0.05, 0.1) is 5.69 Å². The predicted octanol–water partition coefficient (Wildman–Crippen LogP) is 2.67. The van der Waals surface area contributed by atoms with Crippen LogP contribution >= 0.6 is 0 Å². The number of rotatable bonds is 1. The zero-order chi connectivity index (χ0) is 13.3. The summed E-state index contributed by atoms with van der Waals surface area (Å²) in [5.74, 6) is -0.542. The highest BCUT2D eigenvalue weighted by Crippen LogP contribution is 2.29. The van der Waals surface area contributed by atoms with E-state index in [1.807, 2.05) is 4.90 Å². The van der Waals surface area contributed by atoms with E-state index in [2.05, 4.69) is 13.8 Å². The van der Waals surface area contributed by atoms with Gasteiger partial charge in [-0.3, -0.25) is 4.79 Å². The van der Waals surface area contributed by atoms with Crippen LogP contribution in [0.5, 0.6) is 0 Å². The van der Waals surface area contributed by atoms with Crippen molar-refractivity contribution in [3.05, 3.63) is 29.6 Å². The normalized spacial score (nSPS) is 18.7. The molecule has 4 heteroatoms. The molecule has 0 aliphatic carbocycles. The summed E-state index contributed by atoms with van der Waals surface area (Å²) in [5, 5.41) is 0. The Morgan fingerprint density at radius 2 is 2.17 bits per heavy atom. The van der Waals surface area contributed by atoms with Crippen molar-refractivity contribution in [3.63, 3.8) is 0 Å². The van der Waals surface area contributed by atoms with E-state index in [0.717, 1.165) is 25.9 Å². The molecule has 0 bridgehead atoms. The molecular formula is C14H19FN2O. The van der Waals surface area contributed by atoms with Gasteiger partial charge in [-0.2, -0.15) is 0 Å². The molecular weight excluding hydrogens is 231 g/mol. The molecule has 1 aromatic rings. The van der Waals surface area contributed by atoms with Crippen LogP contribution in [0.15, 0.2) is 18.2 Å². The van der Waals surface area contributed by atoms with Crippen molar-refractivity contribution in [1.29, 1.82) is 0 Å². The summed E-state index contributed by atoms with van der Waals surface area (Å²) in [7, 11) is 0. The van der Waals surface area contributed by atoms with Gasteiger partial charge in [0.15, 0.2) is 0 Å². The van der Waals surface area contributed by atoms with Gasteiger partial charge < -0.3 is 10.6 Å². The lowest BCUT2D eigenvalue weighted by Crippen LogP contribution is -2.43. The average Bonchev–Trinajstić information content (AvgIpc) is 2.30. The van der Waals surface area contributed by atoms with Crippen LogP contribution in [0.2, 0.25) is 0 Å². The van der Waals surface area contributed by atoms with Crippen LogP contribution in [0.25, 0.3) is 0 Å². The van der Waals surface area contributed by atoms with Crippen LogP contribution in [0.1, 0.15) is 37.0 Å². The Morgan fingerprint density at radius 3 is 2.78 bits per heavy atom. The molecule has 98 valence electrons. The molecule has 18 heavy (non-hydrogen) atoms. The van der Waals surface area contributed by atoms with Crippen LogP contribution < -0.4 is 5.73 Å². The van der Waals surface area contributed by atoms with Crippen LogP contribution in [0.4, 0.5) is 10.1 Å². The van der Waals surface area contributed by atoms with Crippen molar-refractivity contribution in [2.75, 3.05) is 18.8 Å². The fourth-order valence-corrected chi connectivity index (χ4v) is 2.46. The van der Waals surface area contributed by atoms with E-state index in [0.29, 0.717) is 5.56 Å². The first-order valence-corrected chi connectivity index (χ1v) is 6.23. The van der Waals surface area contributed by atoms with Crippen molar-refractivity contribution in [2.24, 2.45) is 5.41 Å². The summed E-state index contributed by atoms with van der Waals surface area (Å²) in [6, 6.07) is 4.16. The third kappa shape index (κ3) is 2.63. The van der Waals surface area contributed by atoms with Crippen LogP contribution in [0, 0.1) is 11.2 Å². The van der Waals surface area contributed by atoms with Crippen molar-refractivity contribution in [2.45, 2.75) is 26.7 Å². The molecule has 2 rings (SSSR count). The molecule has 0 spiro atoms. The van der Waals surface area contributed by atoms with Gasteiger partial charge in [-0.1, -0.05) is 13.8 Å². The van der Waals surface area contributed by atoms with Crippen LogP contribution in [0.3, 0.4) is 0 Å². The number of anilines is 1. The second kappa shape index (κ2) is 4.59. The number of carbonyl (C=O) groups excluding carboxylic acids is 1. The topological polar surface area (TPSA) is 46.3 Å². The van der Waals surface area contributed by atoms with Crippen LogP contribution in [-0.2, 0) is 0 Å². The molecule has 1 fully saturated rings. The fraction of sp³-hybridized carbons (Fsp3) is 0.500. The second-order valence-corrected chi connectivity index (χ2v) is 5.73. The molecule has 1 amide bonds. The average molecular weight is 250 g/mol. The molecule has 0 saturated carbocycles. The van der Waals surface area contributed by atoms with E-state index in [4.69, 9.17) is 5.73 Å². The van der Waals surface area contributed by atoms with Gasteiger partial charge in [-0.05, 0) is 36.5 Å². The Labute approximate surface area is 107 Å². The SMILES string of the molecule is CC1(C)CCCN(C(=O)c2ccc(F)c(N)c2)C1. The third-order valence-corrected chi connectivity index (χ3v) is 3.43. The minimum Gasteiger partial charge on any atom is -0.396 e. The molecule has 1 heterocycles. The highest BCUT2D eigenvalue weighted by molar-refractivity contribution is 5.95. The predicted molar refractivity (Wildman–Crippen MR) is 69.7 cm³/mol. The number of benzene rings is 1. The van der Waals surface area contributed by atoms with Gasteiger partial charge in [-0.25, -0.2) is 4.39 Å². The highest BCUT2D eigenvalue weighted by atomic mass is 19.1. The van der Waals surface area contributed by atoms with Crippen LogP contribution in [-0.4, -0.2) is 23.9 Å². The van der Waals surface area contributed by atoms with Gasteiger partial charge in [0.2, 0.25) is 0 Å². The molecule has 3 nitrogen and oxygen atoms in total. The lowest BCUT2D eigenvalue weighted by atomic mass is 9.84. The van der Waals surface area contributed by atoms with Crippen molar-refractivity contribution in [1.82, 2.24) is 4.90 Å². The lowest BCUT2D eigenvalue weighted by Gasteiger charge is -2.38. The molecule has 0 unspecified atom stereocenters. The second-order valence-electron chi connectivity index (χ2n) is 5.73. The van der Waals surface area contributed by atoms with E-state index in [1.165, 1.54) is 18.2 Å². The van der Waals surface area contributed by atoms with Gasteiger partial charge in [0.1, 0.15) is 5.82 Å². The van der Waals surface area contributed by atoms with Crippen molar-refractivity contribution >= 4 is 11.6 Å². The monoisotopic (exact) mass is 250 g/mol. The quantitative estimate of drug-likeness (QED) is 0.779. The maximum absolute atomic E-state index is 13.1. The van der Waals surface area contributed by atoms with Crippen molar-refractivity contribution < 1.29 is 9.18 Å². The highest BCUT2D eigenvalue weighted by Gasteiger charge is 2.29. The van der Waals surface area contributed by atoms with E-state index < -0.39 is 5.82 Å². The fourth-order valence-electron chi connectivity index (χ4n) is 2.46. The van der Waals surface area contributed by atoms with Crippen molar-refractivity contribution in [3.8, 4) is 0 Å². The number of nitrogens with two attached hydrogens (primary N) is 1. The first kappa shape index (κ1) is 12.9. The summed E-state index contributed by atoms with van der Waals surface area (Å²) < 4.78 is 13.1. The number of nitrogen functional groups attached to an aromatic ring is 1. The van der Waals surface area contributed by atoms with E-state index in [9.17, 15) is 9.18 Å². The number of nitrogens with zero attached hydrogens (tertiary/aromatic N) is 1. The largest absolute Gasteiger partial charge is 0.396 e. The first-order chi connectivity index (χ1) is 8.39. The zero-order valence-corrected chi connectivity index (χ0v) is 10.9. The smallest absolute Gasteiger partial charge is 0.253 e. The number of amides is 1. The molecule has 1 aliphatic heterocycles. The zero-order valence-electron chi connectivity index (χ0n) is 10.9. The number of hydrogen-bond acceptors (Lipinski definition) is 2. The van der Waals surface area contributed by atoms with Gasteiger partial charge in [0, 0.05) is 18.7 Å². The number of hydrogen-bond donors (Lipinski definition) is 1. The summed E-state index contributed by atoms with van der Waals surface area (Å²) in [6.45, 7) is 5.82. The minimum absolute atomic E-state index is 0.0251. The van der Waals surface area contributed by atoms with Gasteiger partial charge in [-0.15, -0.1) is 0 Å². The maximum Gasteiger partial charge on any atom is 0.253 e. The lowest BCUT2D eigenvalue weighted by molar-refractivity contribution is 0.0583. The Balaban J connectivity index is 2.18. The number of carbonyl (C=O) groups is 1. The maximum atomic E-state index is 13.1. The van der Waals surface area contributed by atoms with Gasteiger partial charge >= 0.3 is 0 Å². The molecule has 1 aromatic carbocycles. The Bertz CT molecular complexity index is 471. The molecule has 0 aromatic heterocycles. The number of halogens is 1. The van der Waals surface area contributed by atoms with E-state index in [1.54, 1.807) is 0 Å². The molecule has 1 aliphatic rings. The molecule has 0 atom stereocenters. The molecule has 1 saturated heterocycles. The summed E-state index contributed by atoms with van der Waals surface area (Å²) >= 11 is 0. The minimum atomic E-state index is -0.481.